The molecule has 102 valence electrons. The van der Waals surface area contributed by atoms with Gasteiger partial charge in [0.25, 0.3) is 0 Å². The second kappa shape index (κ2) is 5.61. The van der Waals surface area contributed by atoms with Crippen LogP contribution < -0.4 is 11.1 Å². The standard InChI is InChI=1S/C12H12F3N3O/c1-7(4-11(17)19)18-9-2-3-10(12(13,14)15)8(5-9)6-16/h2-3,5,7,18H,4H2,1H3,(H2,17,19). The number of amides is 1. The van der Waals surface area contributed by atoms with Crippen LogP contribution in [0.4, 0.5) is 18.9 Å². The van der Waals surface area contributed by atoms with Crippen molar-refractivity contribution in [3.05, 3.63) is 29.3 Å². The number of nitrogens with two attached hydrogens (primary N) is 1. The number of carbonyl (C=O) groups excluding carboxylic acids is 1. The maximum atomic E-state index is 12.6. The van der Waals surface area contributed by atoms with Crippen LogP contribution in [0.15, 0.2) is 18.2 Å². The molecule has 0 spiro atoms. The highest BCUT2D eigenvalue weighted by Crippen LogP contribution is 2.33. The molecule has 1 rings (SSSR count). The fraction of sp³-hybridized carbons (Fsp3) is 0.333. The van der Waals surface area contributed by atoms with E-state index < -0.39 is 23.2 Å². The van der Waals surface area contributed by atoms with Gasteiger partial charge in [0.2, 0.25) is 5.91 Å². The minimum Gasteiger partial charge on any atom is -0.382 e. The Labute approximate surface area is 108 Å². The molecule has 7 heteroatoms. The third kappa shape index (κ3) is 4.17. The summed E-state index contributed by atoms with van der Waals surface area (Å²) in [6.45, 7) is 1.66. The normalized spacial score (nSPS) is 12.6. The summed E-state index contributed by atoms with van der Waals surface area (Å²) in [7, 11) is 0. The zero-order valence-electron chi connectivity index (χ0n) is 10.1. The molecule has 0 saturated carbocycles. The van der Waals surface area contributed by atoms with Crippen LogP contribution in [0.5, 0.6) is 0 Å². The van der Waals surface area contributed by atoms with Gasteiger partial charge in [0, 0.05) is 18.2 Å². The molecule has 0 heterocycles. The molecule has 1 unspecified atom stereocenters. The van der Waals surface area contributed by atoms with Gasteiger partial charge in [-0.2, -0.15) is 18.4 Å². The Balaban J connectivity index is 2.96. The van der Waals surface area contributed by atoms with Gasteiger partial charge in [-0.3, -0.25) is 4.79 Å². The van der Waals surface area contributed by atoms with Gasteiger partial charge in [-0.25, -0.2) is 0 Å². The Morgan fingerprint density at radius 2 is 2.16 bits per heavy atom. The van der Waals surface area contributed by atoms with Crippen molar-refractivity contribution in [2.45, 2.75) is 25.6 Å². The van der Waals surface area contributed by atoms with Gasteiger partial charge in [0.15, 0.2) is 0 Å². The molecule has 1 aromatic carbocycles. The first kappa shape index (κ1) is 14.8. The van der Waals surface area contributed by atoms with Crippen molar-refractivity contribution in [3.63, 3.8) is 0 Å². The second-order valence-electron chi connectivity index (χ2n) is 4.09. The van der Waals surface area contributed by atoms with Crippen LogP contribution in [0.3, 0.4) is 0 Å². The van der Waals surface area contributed by atoms with Gasteiger partial charge in [0.05, 0.1) is 17.2 Å². The van der Waals surface area contributed by atoms with E-state index in [9.17, 15) is 18.0 Å². The number of anilines is 1. The number of rotatable bonds is 4. The largest absolute Gasteiger partial charge is 0.417 e. The second-order valence-corrected chi connectivity index (χ2v) is 4.09. The number of primary amides is 1. The van der Waals surface area contributed by atoms with Crippen LogP contribution in [0.2, 0.25) is 0 Å². The summed E-state index contributed by atoms with van der Waals surface area (Å²) >= 11 is 0. The predicted octanol–water partition coefficient (Wildman–Crippen LogP) is 2.25. The fourth-order valence-corrected chi connectivity index (χ4v) is 1.61. The Morgan fingerprint density at radius 1 is 1.53 bits per heavy atom. The summed E-state index contributed by atoms with van der Waals surface area (Å²) in [5.41, 5.74) is 3.88. The SMILES string of the molecule is CC(CC(N)=O)Nc1ccc(C(F)(F)F)c(C#N)c1. The number of hydrogen-bond donors (Lipinski definition) is 2. The quantitative estimate of drug-likeness (QED) is 0.881. The summed E-state index contributed by atoms with van der Waals surface area (Å²) in [4.78, 5) is 10.7. The Kier molecular flexibility index (Phi) is 4.38. The van der Waals surface area contributed by atoms with Crippen LogP contribution in [0, 0.1) is 11.3 Å². The molecule has 0 aliphatic carbocycles. The summed E-state index contributed by atoms with van der Waals surface area (Å²) in [6.07, 6.45) is -4.52. The lowest BCUT2D eigenvalue weighted by molar-refractivity contribution is -0.137. The van der Waals surface area contributed by atoms with E-state index in [4.69, 9.17) is 11.0 Å². The van der Waals surface area contributed by atoms with Crippen molar-refractivity contribution in [3.8, 4) is 6.07 Å². The summed E-state index contributed by atoms with van der Waals surface area (Å²) in [5.74, 6) is -0.521. The minimum atomic E-state index is -4.57. The van der Waals surface area contributed by atoms with Crippen LogP contribution in [-0.2, 0) is 11.0 Å². The van der Waals surface area contributed by atoms with E-state index in [1.54, 1.807) is 6.92 Å². The van der Waals surface area contributed by atoms with E-state index in [0.717, 1.165) is 12.1 Å². The van der Waals surface area contributed by atoms with E-state index in [1.165, 1.54) is 12.1 Å². The Bertz CT molecular complexity index is 520. The topological polar surface area (TPSA) is 78.9 Å². The smallest absolute Gasteiger partial charge is 0.382 e. The van der Waals surface area contributed by atoms with Crippen molar-refractivity contribution < 1.29 is 18.0 Å². The van der Waals surface area contributed by atoms with Crippen molar-refractivity contribution in [1.82, 2.24) is 0 Å². The lowest BCUT2D eigenvalue weighted by atomic mass is 10.1. The van der Waals surface area contributed by atoms with Crippen LogP contribution >= 0.6 is 0 Å². The summed E-state index contributed by atoms with van der Waals surface area (Å²) in [6, 6.07) is 4.31. The average molecular weight is 271 g/mol. The molecule has 0 fully saturated rings. The molecule has 0 aliphatic heterocycles. The van der Waals surface area contributed by atoms with E-state index in [2.05, 4.69) is 5.32 Å². The first-order valence-electron chi connectivity index (χ1n) is 5.40. The zero-order valence-corrected chi connectivity index (χ0v) is 10.1. The van der Waals surface area contributed by atoms with Gasteiger partial charge < -0.3 is 11.1 Å². The Morgan fingerprint density at radius 3 is 2.63 bits per heavy atom. The van der Waals surface area contributed by atoms with Crippen molar-refractivity contribution in [2.24, 2.45) is 5.73 Å². The maximum Gasteiger partial charge on any atom is 0.417 e. The third-order valence-electron chi connectivity index (χ3n) is 2.37. The number of nitrogens with zero attached hydrogens (tertiary/aromatic N) is 1. The van der Waals surface area contributed by atoms with Crippen molar-refractivity contribution >= 4 is 11.6 Å². The average Bonchev–Trinajstić information content (AvgIpc) is 2.25. The fourth-order valence-electron chi connectivity index (χ4n) is 1.61. The Hall–Kier alpha value is -2.23. The van der Waals surface area contributed by atoms with Gasteiger partial charge in [-0.05, 0) is 25.1 Å². The molecule has 0 bridgehead atoms. The highest BCUT2D eigenvalue weighted by Gasteiger charge is 2.33. The van der Waals surface area contributed by atoms with E-state index in [1.807, 2.05) is 0 Å². The first-order valence-corrected chi connectivity index (χ1v) is 5.40. The molecule has 1 amide bonds. The molecule has 1 aromatic rings. The number of nitrogens with one attached hydrogen (secondary N) is 1. The zero-order chi connectivity index (χ0) is 14.6. The molecule has 0 aliphatic rings. The monoisotopic (exact) mass is 271 g/mol. The molecule has 0 saturated heterocycles. The van der Waals surface area contributed by atoms with Crippen LogP contribution in [0.1, 0.15) is 24.5 Å². The van der Waals surface area contributed by atoms with Crippen molar-refractivity contribution in [1.29, 1.82) is 5.26 Å². The molecule has 0 aromatic heterocycles. The number of nitriles is 1. The highest BCUT2D eigenvalue weighted by atomic mass is 19.4. The molecule has 4 nitrogen and oxygen atoms in total. The maximum absolute atomic E-state index is 12.6. The lowest BCUT2D eigenvalue weighted by Gasteiger charge is -2.15. The molecular formula is C12H12F3N3O. The van der Waals surface area contributed by atoms with Gasteiger partial charge in [-0.1, -0.05) is 0 Å². The predicted molar refractivity (Wildman–Crippen MR) is 63.1 cm³/mol. The van der Waals surface area contributed by atoms with Crippen molar-refractivity contribution in [2.75, 3.05) is 5.32 Å². The summed E-state index contributed by atoms with van der Waals surface area (Å²) in [5, 5.41) is 11.5. The van der Waals surface area contributed by atoms with Gasteiger partial charge in [0.1, 0.15) is 0 Å². The van der Waals surface area contributed by atoms with E-state index in [0.29, 0.717) is 5.69 Å². The number of benzene rings is 1. The summed E-state index contributed by atoms with van der Waals surface area (Å²) < 4.78 is 37.7. The highest BCUT2D eigenvalue weighted by molar-refractivity contribution is 5.75. The molecular weight excluding hydrogens is 259 g/mol. The first-order chi connectivity index (χ1) is 8.74. The van der Waals surface area contributed by atoms with E-state index >= 15 is 0 Å². The minimum absolute atomic E-state index is 0.0446. The molecule has 19 heavy (non-hydrogen) atoms. The van der Waals surface area contributed by atoms with Gasteiger partial charge in [-0.15, -0.1) is 0 Å². The number of halogens is 3. The number of carbonyl (C=O) groups is 1. The number of hydrogen-bond acceptors (Lipinski definition) is 3. The molecule has 3 N–H and O–H groups in total. The van der Waals surface area contributed by atoms with Gasteiger partial charge >= 0.3 is 6.18 Å². The van der Waals surface area contributed by atoms with Crippen LogP contribution in [0.25, 0.3) is 0 Å². The van der Waals surface area contributed by atoms with E-state index in [-0.39, 0.29) is 12.5 Å². The lowest BCUT2D eigenvalue weighted by Crippen LogP contribution is -2.24. The third-order valence-corrected chi connectivity index (χ3v) is 2.37. The molecule has 0 radical (unpaired) electrons. The molecule has 1 atom stereocenters. The number of alkyl halides is 3. The van der Waals surface area contributed by atoms with Crippen LogP contribution in [-0.4, -0.2) is 11.9 Å².